The van der Waals surface area contributed by atoms with Crippen molar-refractivity contribution >= 4 is 40.3 Å². The van der Waals surface area contributed by atoms with Crippen molar-refractivity contribution in [2.75, 3.05) is 5.88 Å². The van der Waals surface area contributed by atoms with Crippen LogP contribution in [-0.2, 0) is 6.42 Å². The van der Waals surface area contributed by atoms with Gasteiger partial charge in [0.25, 0.3) is 0 Å². The highest BCUT2D eigenvalue weighted by Gasteiger charge is 2.04. The summed E-state index contributed by atoms with van der Waals surface area (Å²) < 4.78 is 0.562. The predicted molar refractivity (Wildman–Crippen MR) is 73.4 cm³/mol. The fourth-order valence-electron chi connectivity index (χ4n) is 1.35. The first kappa shape index (κ1) is 12.1. The lowest BCUT2D eigenvalue weighted by molar-refractivity contribution is 0.836. The molecule has 0 spiro atoms. The van der Waals surface area contributed by atoms with Crippen LogP contribution in [0.2, 0.25) is 0 Å². The van der Waals surface area contributed by atoms with Crippen LogP contribution in [0.1, 0.15) is 17.5 Å². The minimum Gasteiger partial charge on any atom is -0.126 e. The number of alkyl halides is 2. The summed E-state index contributed by atoms with van der Waals surface area (Å²) in [4.78, 5) is 0. The normalized spacial score (nSPS) is 12.4. The molecule has 0 aliphatic heterocycles. The quantitative estimate of drug-likeness (QED) is 0.560. The van der Waals surface area contributed by atoms with Gasteiger partial charge >= 0.3 is 0 Å². The summed E-state index contributed by atoms with van der Waals surface area (Å²) in [6.45, 7) is 3.81. The number of halogens is 2. The minimum atomic E-state index is 0.562. The van der Waals surface area contributed by atoms with Gasteiger partial charge in [-0.05, 0) is 24.0 Å². The largest absolute Gasteiger partial charge is 0.126 e. The Bertz CT molecular complexity index is 296. The molecule has 1 aromatic carbocycles. The van der Waals surface area contributed by atoms with Crippen molar-refractivity contribution in [2.45, 2.75) is 16.8 Å². The van der Waals surface area contributed by atoms with E-state index >= 15 is 0 Å². The summed E-state index contributed by atoms with van der Waals surface area (Å²) in [5, 5.41) is 0. The molecular weight excluding hydrogens is 306 g/mol. The smallest absolute Gasteiger partial charge is 0.0341 e. The lowest BCUT2D eigenvalue weighted by atomic mass is 10.0. The van der Waals surface area contributed by atoms with Crippen molar-refractivity contribution in [1.29, 1.82) is 0 Å². The maximum Gasteiger partial charge on any atom is 0.0341 e. The monoisotopic (exact) mass is 320 g/mol. The Morgan fingerprint density at radius 1 is 1.43 bits per heavy atom. The van der Waals surface area contributed by atoms with Crippen molar-refractivity contribution in [2.24, 2.45) is 0 Å². The maximum absolute atomic E-state index is 5.76. The summed E-state index contributed by atoms with van der Waals surface area (Å²) in [6, 6.07) is 8.38. The first-order valence-corrected chi connectivity index (χ1v) is 6.46. The zero-order valence-corrected chi connectivity index (χ0v) is 11.0. The number of hydrogen-bond acceptors (Lipinski definition) is 0. The maximum atomic E-state index is 5.76. The molecule has 0 aromatic heterocycles. The van der Waals surface area contributed by atoms with Crippen LogP contribution in [0.4, 0.5) is 0 Å². The summed E-state index contributed by atoms with van der Waals surface area (Å²) in [5.41, 5.74) is 2.61. The Morgan fingerprint density at radius 3 is 2.79 bits per heavy atom. The van der Waals surface area contributed by atoms with Crippen LogP contribution in [-0.4, -0.2) is 9.80 Å². The molecule has 1 rings (SSSR count). The van der Waals surface area contributed by atoms with Crippen LogP contribution in [0.25, 0.3) is 6.08 Å². The molecule has 0 aliphatic rings. The Hall–Kier alpha value is -0.0200. The molecule has 0 bridgehead atoms. The zero-order valence-electron chi connectivity index (χ0n) is 8.05. The fourth-order valence-corrected chi connectivity index (χ4v) is 1.82. The summed E-state index contributed by atoms with van der Waals surface area (Å²) in [5.74, 6) is 0.733. The van der Waals surface area contributed by atoms with Crippen LogP contribution < -0.4 is 0 Å². The molecule has 1 unspecified atom stereocenters. The van der Waals surface area contributed by atoms with E-state index in [9.17, 15) is 0 Å². The summed E-state index contributed by atoms with van der Waals surface area (Å²) >= 11 is 8.16. The Kier molecular flexibility index (Phi) is 5.56. The molecule has 0 saturated carbocycles. The van der Waals surface area contributed by atoms with Gasteiger partial charge in [0.05, 0.1) is 0 Å². The van der Waals surface area contributed by atoms with Gasteiger partial charge in [0.2, 0.25) is 0 Å². The van der Waals surface area contributed by atoms with E-state index in [1.165, 1.54) is 11.1 Å². The summed E-state index contributed by atoms with van der Waals surface area (Å²) in [7, 11) is 0. The second-order valence-electron chi connectivity index (χ2n) is 3.19. The molecule has 0 radical (unpaired) electrons. The average Bonchev–Trinajstić information content (AvgIpc) is 2.26. The standard InChI is InChI=1S/C12H14ClI/c1-2-10-5-3-4-6-11(10)7-8-12(14)9-13/h2-6,12H,1,7-9H2. The Labute approximate surface area is 104 Å². The number of rotatable bonds is 5. The molecule has 76 valence electrons. The van der Waals surface area contributed by atoms with Gasteiger partial charge in [0.1, 0.15) is 0 Å². The highest BCUT2D eigenvalue weighted by molar-refractivity contribution is 14.1. The van der Waals surface area contributed by atoms with Crippen LogP contribution in [0.5, 0.6) is 0 Å². The lowest BCUT2D eigenvalue weighted by Crippen LogP contribution is -2.01. The van der Waals surface area contributed by atoms with Gasteiger partial charge in [-0.15, -0.1) is 11.6 Å². The van der Waals surface area contributed by atoms with Gasteiger partial charge in [0.15, 0.2) is 0 Å². The fraction of sp³-hybridized carbons (Fsp3) is 0.333. The number of aryl methyl sites for hydroxylation is 1. The highest BCUT2D eigenvalue weighted by atomic mass is 127. The molecule has 0 saturated heterocycles. The second kappa shape index (κ2) is 6.46. The molecule has 14 heavy (non-hydrogen) atoms. The first-order chi connectivity index (χ1) is 6.77. The van der Waals surface area contributed by atoms with Crippen LogP contribution in [0, 0.1) is 0 Å². The second-order valence-corrected chi connectivity index (χ2v) is 5.26. The molecule has 0 heterocycles. The molecule has 1 atom stereocenters. The van der Waals surface area contributed by atoms with Gasteiger partial charge in [0, 0.05) is 9.80 Å². The number of hydrogen-bond donors (Lipinski definition) is 0. The van der Waals surface area contributed by atoms with E-state index in [2.05, 4.69) is 47.4 Å². The molecule has 1 aromatic rings. The summed E-state index contributed by atoms with van der Waals surface area (Å²) in [6.07, 6.45) is 4.13. The van der Waals surface area contributed by atoms with E-state index in [1.807, 2.05) is 12.1 Å². The zero-order chi connectivity index (χ0) is 10.4. The Balaban J connectivity index is 2.61. The third kappa shape index (κ3) is 3.62. The van der Waals surface area contributed by atoms with Gasteiger partial charge in [-0.3, -0.25) is 0 Å². The van der Waals surface area contributed by atoms with Crippen molar-refractivity contribution in [1.82, 2.24) is 0 Å². The molecule has 0 N–H and O–H groups in total. The molecule has 0 amide bonds. The van der Waals surface area contributed by atoms with Crippen LogP contribution >= 0.6 is 34.2 Å². The molecule has 0 fully saturated rings. The number of benzene rings is 1. The van der Waals surface area contributed by atoms with Crippen molar-refractivity contribution in [3.8, 4) is 0 Å². The van der Waals surface area contributed by atoms with Crippen molar-refractivity contribution < 1.29 is 0 Å². The van der Waals surface area contributed by atoms with E-state index < -0.39 is 0 Å². The van der Waals surface area contributed by atoms with E-state index in [1.54, 1.807) is 0 Å². The van der Waals surface area contributed by atoms with Crippen molar-refractivity contribution in [3.63, 3.8) is 0 Å². The third-order valence-corrected chi connectivity index (χ3v) is 4.13. The first-order valence-electron chi connectivity index (χ1n) is 4.68. The van der Waals surface area contributed by atoms with Crippen LogP contribution in [0.15, 0.2) is 30.8 Å². The van der Waals surface area contributed by atoms with Crippen LogP contribution in [0.3, 0.4) is 0 Å². The molecule has 2 heteroatoms. The van der Waals surface area contributed by atoms with E-state index in [0.29, 0.717) is 3.92 Å². The highest BCUT2D eigenvalue weighted by Crippen LogP contribution is 2.16. The van der Waals surface area contributed by atoms with E-state index in [0.717, 1.165) is 18.7 Å². The average molecular weight is 321 g/mol. The van der Waals surface area contributed by atoms with Crippen molar-refractivity contribution in [3.05, 3.63) is 42.0 Å². The SMILES string of the molecule is C=Cc1ccccc1CCC(I)CCl. The Morgan fingerprint density at radius 2 is 2.14 bits per heavy atom. The third-order valence-electron chi connectivity index (χ3n) is 2.17. The van der Waals surface area contributed by atoms with Gasteiger partial charge in [-0.1, -0.05) is 59.5 Å². The van der Waals surface area contributed by atoms with E-state index in [4.69, 9.17) is 11.6 Å². The molecule has 0 nitrogen and oxygen atoms in total. The lowest BCUT2D eigenvalue weighted by Gasteiger charge is -2.08. The van der Waals surface area contributed by atoms with Gasteiger partial charge in [-0.25, -0.2) is 0 Å². The van der Waals surface area contributed by atoms with Gasteiger partial charge < -0.3 is 0 Å². The molecular formula is C12H14ClI. The predicted octanol–water partition coefficient (Wildman–Crippen LogP) is 4.30. The van der Waals surface area contributed by atoms with Gasteiger partial charge in [-0.2, -0.15) is 0 Å². The minimum absolute atomic E-state index is 0.562. The van der Waals surface area contributed by atoms with E-state index in [-0.39, 0.29) is 0 Å². The topological polar surface area (TPSA) is 0 Å². The molecule has 0 aliphatic carbocycles.